The standard InChI is InChI=1S/C8H9ClF2N2O/c9-6-1-4(3-14)13-7(8(10)11)5(6)2-12/h1,8,14H,2-3,12H2. The molecule has 0 unspecified atom stereocenters. The monoisotopic (exact) mass is 222 g/mol. The van der Waals surface area contributed by atoms with E-state index >= 15 is 0 Å². The van der Waals surface area contributed by atoms with Gasteiger partial charge in [0.1, 0.15) is 5.69 Å². The van der Waals surface area contributed by atoms with Crippen molar-refractivity contribution >= 4 is 11.6 Å². The van der Waals surface area contributed by atoms with Crippen molar-refractivity contribution in [2.45, 2.75) is 19.6 Å². The number of pyridine rings is 1. The van der Waals surface area contributed by atoms with E-state index in [2.05, 4.69) is 4.98 Å². The fraction of sp³-hybridized carbons (Fsp3) is 0.375. The lowest BCUT2D eigenvalue weighted by molar-refractivity contribution is 0.144. The van der Waals surface area contributed by atoms with Crippen LogP contribution in [0.25, 0.3) is 0 Å². The largest absolute Gasteiger partial charge is 0.390 e. The molecule has 0 spiro atoms. The molecule has 78 valence electrons. The summed E-state index contributed by atoms with van der Waals surface area (Å²) in [7, 11) is 0. The van der Waals surface area contributed by atoms with E-state index in [1.54, 1.807) is 0 Å². The fourth-order valence-electron chi connectivity index (χ4n) is 1.07. The number of alkyl halides is 2. The van der Waals surface area contributed by atoms with Crippen molar-refractivity contribution in [3.05, 3.63) is 28.0 Å². The molecular formula is C8H9ClF2N2O. The molecule has 6 heteroatoms. The van der Waals surface area contributed by atoms with Crippen LogP contribution in [-0.4, -0.2) is 10.1 Å². The van der Waals surface area contributed by atoms with Gasteiger partial charge in [0, 0.05) is 17.1 Å². The number of halogens is 3. The Hall–Kier alpha value is -0.780. The summed E-state index contributed by atoms with van der Waals surface area (Å²) in [5, 5.41) is 8.85. The molecule has 0 aliphatic heterocycles. The Morgan fingerprint density at radius 1 is 1.57 bits per heavy atom. The summed E-state index contributed by atoms with van der Waals surface area (Å²) in [6, 6.07) is 1.33. The molecule has 0 saturated heterocycles. The van der Waals surface area contributed by atoms with Gasteiger partial charge in [0.25, 0.3) is 6.43 Å². The van der Waals surface area contributed by atoms with E-state index in [0.717, 1.165) is 0 Å². The molecule has 1 aromatic rings. The van der Waals surface area contributed by atoms with Gasteiger partial charge in [-0.05, 0) is 6.07 Å². The molecule has 0 atom stereocenters. The van der Waals surface area contributed by atoms with Crippen molar-refractivity contribution in [3.8, 4) is 0 Å². The van der Waals surface area contributed by atoms with Crippen molar-refractivity contribution in [1.29, 1.82) is 0 Å². The molecule has 3 N–H and O–H groups in total. The first-order chi connectivity index (χ1) is 6.60. The number of hydrogen-bond acceptors (Lipinski definition) is 3. The summed E-state index contributed by atoms with van der Waals surface area (Å²) in [5.74, 6) is 0. The second kappa shape index (κ2) is 4.63. The minimum absolute atomic E-state index is 0.1000. The summed E-state index contributed by atoms with van der Waals surface area (Å²) in [4.78, 5) is 3.56. The second-order valence-electron chi connectivity index (χ2n) is 2.62. The van der Waals surface area contributed by atoms with Gasteiger partial charge in [-0.2, -0.15) is 0 Å². The van der Waals surface area contributed by atoms with Crippen LogP contribution in [-0.2, 0) is 13.2 Å². The topological polar surface area (TPSA) is 59.1 Å². The van der Waals surface area contributed by atoms with E-state index < -0.39 is 18.7 Å². The number of nitrogens with zero attached hydrogens (tertiary/aromatic N) is 1. The van der Waals surface area contributed by atoms with Crippen LogP contribution >= 0.6 is 11.6 Å². The van der Waals surface area contributed by atoms with E-state index in [1.165, 1.54) is 6.07 Å². The van der Waals surface area contributed by atoms with Gasteiger partial charge in [-0.25, -0.2) is 13.8 Å². The third kappa shape index (κ3) is 2.17. The van der Waals surface area contributed by atoms with Crippen LogP contribution < -0.4 is 5.73 Å². The van der Waals surface area contributed by atoms with Gasteiger partial charge >= 0.3 is 0 Å². The summed E-state index contributed by atoms with van der Waals surface area (Å²) in [6.07, 6.45) is -2.74. The Morgan fingerprint density at radius 3 is 2.64 bits per heavy atom. The lowest BCUT2D eigenvalue weighted by Gasteiger charge is -2.09. The van der Waals surface area contributed by atoms with E-state index in [0.29, 0.717) is 0 Å². The van der Waals surface area contributed by atoms with Crippen LogP contribution in [0.15, 0.2) is 6.07 Å². The van der Waals surface area contributed by atoms with E-state index in [-0.39, 0.29) is 22.8 Å². The molecule has 14 heavy (non-hydrogen) atoms. The normalized spacial score (nSPS) is 11.0. The van der Waals surface area contributed by atoms with Gasteiger partial charge in [0.2, 0.25) is 0 Å². The van der Waals surface area contributed by atoms with Crippen LogP contribution in [0.1, 0.15) is 23.4 Å². The van der Waals surface area contributed by atoms with Crippen molar-refractivity contribution in [1.82, 2.24) is 4.98 Å². The van der Waals surface area contributed by atoms with Crippen LogP contribution in [0.3, 0.4) is 0 Å². The molecule has 1 aromatic heterocycles. The van der Waals surface area contributed by atoms with E-state index in [1.807, 2.05) is 0 Å². The first-order valence-corrected chi connectivity index (χ1v) is 4.25. The fourth-order valence-corrected chi connectivity index (χ4v) is 1.37. The zero-order valence-corrected chi connectivity index (χ0v) is 7.93. The average molecular weight is 223 g/mol. The summed E-state index contributed by atoms with van der Waals surface area (Å²) < 4.78 is 24.9. The number of aliphatic hydroxyl groups is 1. The van der Waals surface area contributed by atoms with Gasteiger partial charge in [-0.1, -0.05) is 11.6 Å². The zero-order chi connectivity index (χ0) is 10.7. The highest BCUT2D eigenvalue weighted by atomic mass is 35.5. The van der Waals surface area contributed by atoms with Gasteiger partial charge < -0.3 is 10.8 Å². The molecule has 0 saturated carbocycles. The molecule has 1 heterocycles. The van der Waals surface area contributed by atoms with Crippen LogP contribution in [0, 0.1) is 0 Å². The second-order valence-corrected chi connectivity index (χ2v) is 3.03. The van der Waals surface area contributed by atoms with Gasteiger partial charge in [0.15, 0.2) is 0 Å². The van der Waals surface area contributed by atoms with Crippen molar-refractivity contribution < 1.29 is 13.9 Å². The highest BCUT2D eigenvalue weighted by Crippen LogP contribution is 2.27. The van der Waals surface area contributed by atoms with Crippen LogP contribution in [0.5, 0.6) is 0 Å². The Balaban J connectivity index is 3.28. The predicted octanol–water partition coefficient (Wildman–Crippen LogP) is 1.62. The quantitative estimate of drug-likeness (QED) is 0.817. The average Bonchev–Trinajstić information content (AvgIpc) is 2.16. The lowest BCUT2D eigenvalue weighted by Crippen LogP contribution is -2.07. The number of rotatable bonds is 3. The lowest BCUT2D eigenvalue weighted by atomic mass is 10.1. The van der Waals surface area contributed by atoms with E-state index in [9.17, 15) is 8.78 Å². The SMILES string of the molecule is NCc1c(Cl)cc(CO)nc1C(F)F. The Labute approximate surface area is 84.5 Å². The Kier molecular flexibility index (Phi) is 3.74. The first-order valence-electron chi connectivity index (χ1n) is 3.87. The zero-order valence-electron chi connectivity index (χ0n) is 7.17. The molecule has 1 rings (SSSR count). The maximum Gasteiger partial charge on any atom is 0.280 e. The predicted molar refractivity (Wildman–Crippen MR) is 48.0 cm³/mol. The van der Waals surface area contributed by atoms with E-state index in [4.69, 9.17) is 22.4 Å². The molecular weight excluding hydrogens is 214 g/mol. The molecule has 0 fully saturated rings. The third-order valence-corrected chi connectivity index (χ3v) is 2.06. The van der Waals surface area contributed by atoms with Gasteiger partial charge in [0.05, 0.1) is 12.3 Å². The van der Waals surface area contributed by atoms with Crippen molar-refractivity contribution in [2.24, 2.45) is 5.73 Å². The van der Waals surface area contributed by atoms with Crippen LogP contribution in [0.4, 0.5) is 8.78 Å². The summed E-state index contributed by atoms with van der Waals surface area (Å²) >= 11 is 5.69. The molecule has 0 radical (unpaired) electrons. The molecule has 0 aliphatic rings. The molecule has 0 aliphatic carbocycles. The molecule has 3 nitrogen and oxygen atoms in total. The maximum absolute atomic E-state index is 12.5. The number of aromatic nitrogens is 1. The molecule has 0 bridgehead atoms. The minimum atomic E-state index is -2.74. The first kappa shape index (κ1) is 11.3. The van der Waals surface area contributed by atoms with Gasteiger partial charge in [-0.15, -0.1) is 0 Å². The maximum atomic E-state index is 12.5. The third-order valence-electron chi connectivity index (χ3n) is 1.73. The summed E-state index contributed by atoms with van der Waals surface area (Å²) in [5.41, 5.74) is 5.04. The van der Waals surface area contributed by atoms with Gasteiger partial charge in [-0.3, -0.25) is 0 Å². The Morgan fingerprint density at radius 2 is 2.21 bits per heavy atom. The Bertz CT molecular complexity index is 333. The smallest absolute Gasteiger partial charge is 0.280 e. The number of aliphatic hydroxyl groups excluding tert-OH is 1. The minimum Gasteiger partial charge on any atom is -0.390 e. The number of hydrogen-bond donors (Lipinski definition) is 2. The molecule has 0 amide bonds. The summed E-state index contributed by atoms with van der Waals surface area (Å²) in [6.45, 7) is -0.526. The highest BCUT2D eigenvalue weighted by Gasteiger charge is 2.17. The highest BCUT2D eigenvalue weighted by molar-refractivity contribution is 6.31. The van der Waals surface area contributed by atoms with Crippen molar-refractivity contribution in [3.63, 3.8) is 0 Å². The van der Waals surface area contributed by atoms with Crippen molar-refractivity contribution in [2.75, 3.05) is 0 Å². The molecule has 0 aromatic carbocycles. The number of nitrogens with two attached hydrogens (primary N) is 1. The van der Waals surface area contributed by atoms with Crippen LogP contribution in [0.2, 0.25) is 5.02 Å².